The van der Waals surface area contributed by atoms with E-state index in [4.69, 9.17) is 11.1 Å². The van der Waals surface area contributed by atoms with Gasteiger partial charge in [-0.1, -0.05) is 12.1 Å². The highest BCUT2D eigenvalue weighted by Crippen LogP contribution is 2.33. The molecule has 0 aliphatic carbocycles. The molecule has 1 aliphatic heterocycles. The van der Waals surface area contributed by atoms with Gasteiger partial charge in [0.1, 0.15) is 5.71 Å². The van der Waals surface area contributed by atoms with Gasteiger partial charge in [0.15, 0.2) is 0 Å². The third-order valence-corrected chi connectivity index (χ3v) is 3.15. The first kappa shape index (κ1) is 11.4. The third-order valence-electron chi connectivity index (χ3n) is 3.15. The quantitative estimate of drug-likeness (QED) is 0.499. The van der Waals surface area contributed by atoms with E-state index in [9.17, 15) is 0 Å². The second kappa shape index (κ2) is 4.08. The molecule has 0 aromatic heterocycles. The Balaban J connectivity index is 2.63. The van der Waals surface area contributed by atoms with E-state index in [0.717, 1.165) is 17.0 Å². The number of fused-ring (bicyclic) bond motifs is 1. The van der Waals surface area contributed by atoms with Gasteiger partial charge in [0.25, 0.3) is 0 Å². The third kappa shape index (κ3) is 1.63. The van der Waals surface area contributed by atoms with Gasteiger partial charge < -0.3 is 16.1 Å². The SMILES string of the molecule is CN/N=C1\C(=N)c2cccc(N)c2N(C)C1C. The Hall–Kier alpha value is -2.04. The van der Waals surface area contributed by atoms with Crippen LogP contribution in [0.25, 0.3) is 0 Å². The van der Waals surface area contributed by atoms with Crippen molar-refractivity contribution in [3.63, 3.8) is 0 Å². The molecule has 0 spiro atoms. The maximum absolute atomic E-state index is 8.20. The Morgan fingerprint density at radius 2 is 2.18 bits per heavy atom. The molecule has 0 fully saturated rings. The molecule has 2 rings (SSSR count). The first-order valence-electron chi connectivity index (χ1n) is 5.52. The highest BCUT2D eigenvalue weighted by Gasteiger charge is 2.31. The molecule has 1 atom stereocenters. The largest absolute Gasteiger partial charge is 0.397 e. The van der Waals surface area contributed by atoms with E-state index in [2.05, 4.69) is 15.4 Å². The van der Waals surface area contributed by atoms with Crippen LogP contribution >= 0.6 is 0 Å². The van der Waals surface area contributed by atoms with Crippen molar-refractivity contribution < 1.29 is 0 Å². The highest BCUT2D eigenvalue weighted by molar-refractivity contribution is 6.51. The summed E-state index contributed by atoms with van der Waals surface area (Å²) in [6, 6.07) is 5.66. The van der Waals surface area contributed by atoms with Crippen LogP contribution in [0.5, 0.6) is 0 Å². The minimum Gasteiger partial charge on any atom is -0.397 e. The number of anilines is 2. The normalized spacial score (nSPS) is 21.6. The summed E-state index contributed by atoms with van der Waals surface area (Å²) < 4.78 is 0. The molecule has 5 nitrogen and oxygen atoms in total. The lowest BCUT2D eigenvalue weighted by atomic mass is 9.92. The molecule has 90 valence electrons. The molecule has 1 unspecified atom stereocenters. The Bertz CT molecular complexity index is 492. The van der Waals surface area contributed by atoms with E-state index < -0.39 is 0 Å². The fraction of sp³-hybridized carbons (Fsp3) is 0.333. The molecule has 5 heteroatoms. The Kier molecular flexibility index (Phi) is 2.75. The molecular formula is C12H17N5. The Morgan fingerprint density at radius 3 is 2.82 bits per heavy atom. The van der Waals surface area contributed by atoms with Gasteiger partial charge in [0, 0.05) is 19.7 Å². The van der Waals surface area contributed by atoms with E-state index in [1.54, 1.807) is 7.05 Å². The van der Waals surface area contributed by atoms with Crippen LogP contribution in [-0.4, -0.2) is 31.6 Å². The lowest BCUT2D eigenvalue weighted by Crippen LogP contribution is -2.46. The van der Waals surface area contributed by atoms with Crippen LogP contribution in [0.2, 0.25) is 0 Å². The maximum atomic E-state index is 8.20. The van der Waals surface area contributed by atoms with Crippen LogP contribution in [0.15, 0.2) is 23.3 Å². The van der Waals surface area contributed by atoms with E-state index in [-0.39, 0.29) is 6.04 Å². The number of nitrogen functional groups attached to an aromatic ring is 1. The zero-order chi connectivity index (χ0) is 12.6. The first-order valence-corrected chi connectivity index (χ1v) is 5.52. The molecule has 0 radical (unpaired) electrons. The number of para-hydroxylation sites is 1. The standard InChI is InChI=1S/C12H17N5/c1-7-11(16-15-2)10(14)8-5-4-6-9(13)12(8)17(7)3/h4-7,14-15H,13H2,1-3H3/b14-10?,16-11-. The monoisotopic (exact) mass is 231 g/mol. The molecule has 1 aliphatic rings. The van der Waals surface area contributed by atoms with Crippen molar-refractivity contribution in [1.82, 2.24) is 5.43 Å². The number of nitrogens with two attached hydrogens (primary N) is 1. The molecule has 1 aromatic rings. The molecule has 0 amide bonds. The highest BCUT2D eigenvalue weighted by atomic mass is 15.3. The van der Waals surface area contributed by atoms with E-state index in [1.807, 2.05) is 32.2 Å². The predicted octanol–water partition coefficient (Wildman–Crippen LogP) is 1.05. The van der Waals surface area contributed by atoms with E-state index in [1.165, 1.54) is 0 Å². The number of rotatable bonds is 1. The number of hydrogen-bond donors (Lipinski definition) is 3. The van der Waals surface area contributed by atoms with Crippen molar-refractivity contribution in [3.8, 4) is 0 Å². The van der Waals surface area contributed by atoms with Crippen LogP contribution in [0.1, 0.15) is 12.5 Å². The lowest BCUT2D eigenvalue weighted by molar-refractivity contribution is 0.823. The lowest BCUT2D eigenvalue weighted by Gasteiger charge is -2.35. The van der Waals surface area contributed by atoms with Crippen molar-refractivity contribution in [3.05, 3.63) is 23.8 Å². The summed E-state index contributed by atoms with van der Waals surface area (Å²) in [5.74, 6) is 0. The van der Waals surface area contributed by atoms with Crippen molar-refractivity contribution in [2.45, 2.75) is 13.0 Å². The average Bonchev–Trinajstić information content (AvgIpc) is 2.31. The predicted molar refractivity (Wildman–Crippen MR) is 72.0 cm³/mol. The number of benzene rings is 1. The minimum absolute atomic E-state index is 0.0344. The van der Waals surface area contributed by atoms with Crippen molar-refractivity contribution in [2.75, 3.05) is 24.7 Å². The zero-order valence-electron chi connectivity index (χ0n) is 10.3. The van der Waals surface area contributed by atoms with Crippen LogP contribution in [0, 0.1) is 5.41 Å². The Labute approximate surface area is 101 Å². The maximum Gasteiger partial charge on any atom is 0.108 e. The number of nitrogens with one attached hydrogen (secondary N) is 2. The molecule has 0 saturated heterocycles. The fourth-order valence-electron chi connectivity index (χ4n) is 2.15. The van der Waals surface area contributed by atoms with Gasteiger partial charge in [0.05, 0.1) is 23.1 Å². The summed E-state index contributed by atoms with van der Waals surface area (Å²) in [5.41, 5.74) is 12.4. The molecule has 4 N–H and O–H groups in total. The topological polar surface area (TPSA) is 77.5 Å². The van der Waals surface area contributed by atoms with Crippen LogP contribution in [0.3, 0.4) is 0 Å². The summed E-state index contributed by atoms with van der Waals surface area (Å²) in [5, 5.41) is 12.4. The van der Waals surface area contributed by atoms with Gasteiger partial charge in [-0.3, -0.25) is 5.41 Å². The summed E-state index contributed by atoms with van der Waals surface area (Å²) in [4.78, 5) is 2.05. The van der Waals surface area contributed by atoms with Gasteiger partial charge in [-0.05, 0) is 13.0 Å². The van der Waals surface area contributed by atoms with Gasteiger partial charge in [-0.15, -0.1) is 0 Å². The molecule has 17 heavy (non-hydrogen) atoms. The molecule has 1 heterocycles. The molecular weight excluding hydrogens is 214 g/mol. The number of hydrogen-bond acceptors (Lipinski definition) is 5. The molecule has 0 bridgehead atoms. The van der Waals surface area contributed by atoms with Crippen LogP contribution in [0.4, 0.5) is 11.4 Å². The van der Waals surface area contributed by atoms with Gasteiger partial charge in [-0.25, -0.2) is 0 Å². The van der Waals surface area contributed by atoms with Crippen molar-refractivity contribution >= 4 is 22.8 Å². The zero-order valence-corrected chi connectivity index (χ0v) is 10.3. The van der Waals surface area contributed by atoms with Gasteiger partial charge in [0.2, 0.25) is 0 Å². The summed E-state index contributed by atoms with van der Waals surface area (Å²) in [6.07, 6.45) is 0. The molecule has 1 aromatic carbocycles. The van der Waals surface area contributed by atoms with Gasteiger partial charge >= 0.3 is 0 Å². The smallest absolute Gasteiger partial charge is 0.108 e. The summed E-state index contributed by atoms with van der Waals surface area (Å²) >= 11 is 0. The second-order valence-electron chi connectivity index (χ2n) is 4.13. The van der Waals surface area contributed by atoms with E-state index >= 15 is 0 Å². The number of hydrazone groups is 1. The average molecular weight is 231 g/mol. The fourth-order valence-corrected chi connectivity index (χ4v) is 2.15. The minimum atomic E-state index is 0.0344. The van der Waals surface area contributed by atoms with Crippen LogP contribution in [-0.2, 0) is 0 Å². The van der Waals surface area contributed by atoms with Crippen molar-refractivity contribution in [1.29, 1.82) is 5.41 Å². The molecule has 0 saturated carbocycles. The van der Waals surface area contributed by atoms with Crippen LogP contribution < -0.4 is 16.1 Å². The van der Waals surface area contributed by atoms with Gasteiger partial charge in [-0.2, -0.15) is 5.10 Å². The number of nitrogens with zero attached hydrogens (tertiary/aromatic N) is 2. The summed E-state index contributed by atoms with van der Waals surface area (Å²) in [6.45, 7) is 2.01. The van der Waals surface area contributed by atoms with Crippen molar-refractivity contribution in [2.24, 2.45) is 5.10 Å². The second-order valence-corrected chi connectivity index (χ2v) is 4.13. The van der Waals surface area contributed by atoms with E-state index in [0.29, 0.717) is 11.4 Å². The first-order chi connectivity index (χ1) is 8.07. The summed E-state index contributed by atoms with van der Waals surface area (Å²) in [7, 11) is 3.71. The Morgan fingerprint density at radius 1 is 1.47 bits per heavy atom.